The van der Waals surface area contributed by atoms with Crippen molar-refractivity contribution in [1.82, 2.24) is 9.21 Å². The molecule has 0 aliphatic carbocycles. The molecule has 1 atom stereocenters. The highest BCUT2D eigenvalue weighted by molar-refractivity contribution is 7.89. The van der Waals surface area contributed by atoms with Gasteiger partial charge in [-0.15, -0.1) is 0 Å². The fraction of sp³-hybridized carbons (Fsp3) is 0.350. The van der Waals surface area contributed by atoms with Gasteiger partial charge >= 0.3 is 0 Å². The second-order valence-corrected chi connectivity index (χ2v) is 9.14. The second kappa shape index (κ2) is 8.51. The molecular formula is C20H23ClN2O4S. The van der Waals surface area contributed by atoms with E-state index in [0.717, 1.165) is 5.56 Å². The number of nitrogens with zero attached hydrogens (tertiary/aromatic N) is 2. The number of aryl methyl sites for hydroxylation is 1. The monoisotopic (exact) mass is 422 g/mol. The molecule has 1 fully saturated rings. The summed E-state index contributed by atoms with van der Waals surface area (Å²) >= 11 is 5.92. The Morgan fingerprint density at radius 1 is 1.07 bits per heavy atom. The Morgan fingerprint density at radius 3 is 2.39 bits per heavy atom. The van der Waals surface area contributed by atoms with Crippen molar-refractivity contribution in [3.8, 4) is 5.75 Å². The van der Waals surface area contributed by atoms with Crippen molar-refractivity contribution in [2.24, 2.45) is 0 Å². The zero-order valence-electron chi connectivity index (χ0n) is 15.8. The minimum Gasteiger partial charge on any atom is -0.481 e. The topological polar surface area (TPSA) is 66.9 Å². The first-order valence-corrected chi connectivity index (χ1v) is 10.9. The highest BCUT2D eigenvalue weighted by atomic mass is 35.5. The van der Waals surface area contributed by atoms with Gasteiger partial charge in [0.2, 0.25) is 10.0 Å². The first kappa shape index (κ1) is 20.6. The van der Waals surface area contributed by atoms with Crippen LogP contribution in [0.25, 0.3) is 0 Å². The maximum absolute atomic E-state index is 12.8. The summed E-state index contributed by atoms with van der Waals surface area (Å²) in [5, 5.41) is 0.372. The third-order valence-corrected chi connectivity index (χ3v) is 6.76. The SMILES string of the molecule is Cc1cccc(O[C@@H](C)C(=O)N2CCN(S(=O)(=O)c3cccc(Cl)c3)CC2)c1. The van der Waals surface area contributed by atoms with Gasteiger partial charge in [-0.25, -0.2) is 8.42 Å². The first-order valence-electron chi connectivity index (χ1n) is 9.05. The van der Waals surface area contributed by atoms with Gasteiger partial charge in [-0.3, -0.25) is 4.79 Å². The van der Waals surface area contributed by atoms with Crippen LogP contribution in [0.1, 0.15) is 12.5 Å². The summed E-state index contributed by atoms with van der Waals surface area (Å²) in [4.78, 5) is 14.5. The van der Waals surface area contributed by atoms with E-state index in [0.29, 0.717) is 23.9 Å². The number of carbonyl (C=O) groups excluding carboxylic acids is 1. The van der Waals surface area contributed by atoms with Gasteiger partial charge in [-0.2, -0.15) is 4.31 Å². The van der Waals surface area contributed by atoms with Crippen LogP contribution in [0.4, 0.5) is 0 Å². The smallest absolute Gasteiger partial charge is 0.263 e. The van der Waals surface area contributed by atoms with Crippen molar-refractivity contribution in [1.29, 1.82) is 0 Å². The lowest BCUT2D eigenvalue weighted by atomic mass is 10.2. The average molecular weight is 423 g/mol. The molecule has 8 heteroatoms. The number of hydrogen-bond acceptors (Lipinski definition) is 4. The van der Waals surface area contributed by atoms with Crippen molar-refractivity contribution in [2.75, 3.05) is 26.2 Å². The van der Waals surface area contributed by atoms with Crippen LogP contribution in [-0.2, 0) is 14.8 Å². The molecule has 0 aromatic heterocycles. The molecule has 0 unspecified atom stereocenters. The summed E-state index contributed by atoms with van der Waals surface area (Å²) in [7, 11) is -3.63. The van der Waals surface area contributed by atoms with Gasteiger partial charge in [-0.05, 0) is 49.7 Å². The van der Waals surface area contributed by atoms with Crippen LogP contribution in [0.2, 0.25) is 5.02 Å². The number of piperazine rings is 1. The Labute approximate surface area is 170 Å². The van der Waals surface area contributed by atoms with Gasteiger partial charge in [0, 0.05) is 31.2 Å². The van der Waals surface area contributed by atoms with Crippen LogP contribution in [0.5, 0.6) is 5.75 Å². The van der Waals surface area contributed by atoms with Crippen molar-refractivity contribution < 1.29 is 17.9 Å². The maximum Gasteiger partial charge on any atom is 0.263 e. The van der Waals surface area contributed by atoms with E-state index in [1.54, 1.807) is 24.0 Å². The molecule has 1 aliphatic heterocycles. The van der Waals surface area contributed by atoms with Crippen LogP contribution in [0.15, 0.2) is 53.4 Å². The van der Waals surface area contributed by atoms with Crippen LogP contribution >= 0.6 is 11.6 Å². The molecule has 0 N–H and O–H groups in total. The summed E-state index contributed by atoms with van der Waals surface area (Å²) in [6.45, 7) is 4.77. The zero-order valence-corrected chi connectivity index (χ0v) is 17.4. The van der Waals surface area contributed by atoms with Crippen molar-refractivity contribution in [3.63, 3.8) is 0 Å². The predicted octanol–water partition coefficient (Wildman–Crippen LogP) is 2.95. The summed E-state index contributed by atoms with van der Waals surface area (Å²) in [6, 6.07) is 13.7. The van der Waals surface area contributed by atoms with Gasteiger partial charge < -0.3 is 9.64 Å². The van der Waals surface area contributed by atoms with Crippen molar-refractivity contribution >= 4 is 27.5 Å². The highest BCUT2D eigenvalue weighted by Crippen LogP contribution is 2.21. The molecule has 0 radical (unpaired) electrons. The summed E-state index contributed by atoms with van der Waals surface area (Å²) in [5.41, 5.74) is 1.05. The van der Waals surface area contributed by atoms with E-state index < -0.39 is 16.1 Å². The molecular weight excluding hydrogens is 400 g/mol. The number of amides is 1. The van der Waals surface area contributed by atoms with E-state index in [9.17, 15) is 13.2 Å². The third kappa shape index (κ3) is 4.66. The molecule has 1 saturated heterocycles. The number of benzene rings is 2. The lowest BCUT2D eigenvalue weighted by Gasteiger charge is -2.35. The molecule has 3 rings (SSSR count). The lowest BCUT2D eigenvalue weighted by molar-refractivity contribution is -0.139. The van der Waals surface area contributed by atoms with E-state index in [1.165, 1.54) is 16.4 Å². The molecule has 0 spiro atoms. The van der Waals surface area contributed by atoms with Crippen LogP contribution in [0, 0.1) is 6.92 Å². The molecule has 6 nitrogen and oxygen atoms in total. The summed E-state index contributed by atoms with van der Waals surface area (Å²) < 4.78 is 32.7. The number of carbonyl (C=O) groups is 1. The minimum atomic E-state index is -3.63. The lowest BCUT2D eigenvalue weighted by Crippen LogP contribution is -2.53. The Kier molecular flexibility index (Phi) is 6.27. The van der Waals surface area contributed by atoms with Crippen molar-refractivity contribution in [2.45, 2.75) is 24.8 Å². The molecule has 150 valence electrons. The summed E-state index contributed by atoms with van der Waals surface area (Å²) in [5.74, 6) is 0.490. The number of rotatable bonds is 5. The zero-order chi connectivity index (χ0) is 20.3. The molecule has 2 aromatic carbocycles. The second-order valence-electron chi connectivity index (χ2n) is 6.76. The number of halogens is 1. The van der Waals surface area contributed by atoms with E-state index in [-0.39, 0.29) is 23.9 Å². The van der Waals surface area contributed by atoms with E-state index in [1.807, 2.05) is 31.2 Å². The van der Waals surface area contributed by atoms with Crippen LogP contribution in [0.3, 0.4) is 0 Å². The molecule has 0 saturated carbocycles. The number of hydrogen-bond donors (Lipinski definition) is 0. The molecule has 28 heavy (non-hydrogen) atoms. The predicted molar refractivity (Wildman–Crippen MR) is 108 cm³/mol. The summed E-state index contributed by atoms with van der Waals surface area (Å²) in [6.07, 6.45) is -0.641. The Balaban J connectivity index is 1.60. The number of sulfonamides is 1. The standard InChI is InChI=1S/C20H23ClN2O4S/c1-15-5-3-7-18(13-15)27-16(2)20(24)22-9-11-23(12-10-22)28(25,26)19-8-4-6-17(21)14-19/h3-8,13-14,16H,9-12H2,1-2H3/t16-/m0/s1. The fourth-order valence-corrected chi connectivity index (χ4v) is 4.85. The van der Waals surface area contributed by atoms with Gasteiger partial charge in [0.05, 0.1) is 4.90 Å². The Bertz CT molecular complexity index is 956. The molecule has 1 heterocycles. The normalized spacial score (nSPS) is 16.6. The number of ether oxygens (including phenoxy) is 1. The Hall–Kier alpha value is -2.09. The van der Waals surface area contributed by atoms with E-state index >= 15 is 0 Å². The maximum atomic E-state index is 12.8. The van der Waals surface area contributed by atoms with Gasteiger partial charge in [0.15, 0.2) is 6.10 Å². The molecule has 1 aliphatic rings. The minimum absolute atomic E-state index is 0.152. The highest BCUT2D eigenvalue weighted by Gasteiger charge is 2.32. The van der Waals surface area contributed by atoms with Crippen molar-refractivity contribution in [3.05, 3.63) is 59.1 Å². The first-order chi connectivity index (χ1) is 13.3. The average Bonchev–Trinajstić information content (AvgIpc) is 2.67. The quantitative estimate of drug-likeness (QED) is 0.743. The fourth-order valence-electron chi connectivity index (χ4n) is 3.13. The van der Waals surface area contributed by atoms with E-state index in [2.05, 4.69) is 0 Å². The van der Waals surface area contributed by atoms with E-state index in [4.69, 9.17) is 16.3 Å². The van der Waals surface area contributed by atoms with Crippen LogP contribution < -0.4 is 4.74 Å². The molecule has 1 amide bonds. The molecule has 2 aromatic rings. The third-order valence-electron chi connectivity index (χ3n) is 4.63. The van der Waals surface area contributed by atoms with Gasteiger partial charge in [0.1, 0.15) is 5.75 Å². The van der Waals surface area contributed by atoms with Gasteiger partial charge in [0.25, 0.3) is 5.91 Å². The van der Waals surface area contributed by atoms with Gasteiger partial charge in [-0.1, -0.05) is 29.8 Å². The Morgan fingerprint density at radius 2 is 1.75 bits per heavy atom. The molecule has 0 bridgehead atoms. The van der Waals surface area contributed by atoms with Crippen LogP contribution in [-0.4, -0.2) is 55.8 Å². The largest absolute Gasteiger partial charge is 0.481 e.